The average Bonchev–Trinajstić information content (AvgIpc) is 2.87. The Labute approximate surface area is 110 Å². The lowest BCUT2D eigenvalue weighted by Crippen LogP contribution is -2.04. The van der Waals surface area contributed by atoms with Gasteiger partial charge in [-0.1, -0.05) is 12.1 Å². The predicted octanol–water partition coefficient (Wildman–Crippen LogP) is 2.66. The van der Waals surface area contributed by atoms with Gasteiger partial charge in [-0.05, 0) is 23.8 Å². The van der Waals surface area contributed by atoms with Crippen LogP contribution in [0.25, 0.3) is 0 Å². The molecular formula is C14H12N2O3. The summed E-state index contributed by atoms with van der Waals surface area (Å²) in [5.41, 5.74) is 2.40. The number of anilines is 1. The summed E-state index contributed by atoms with van der Waals surface area (Å²) in [6.07, 6.45) is 1.74. The molecular weight excluding hydrogens is 244 g/mol. The summed E-state index contributed by atoms with van der Waals surface area (Å²) in [6, 6.07) is 11.1. The zero-order valence-corrected chi connectivity index (χ0v) is 10.1. The van der Waals surface area contributed by atoms with Gasteiger partial charge in [0.15, 0.2) is 0 Å². The number of benzene rings is 1. The summed E-state index contributed by atoms with van der Waals surface area (Å²) in [4.78, 5) is 10.9. The SMILES string of the molecule is N#CCc1ccc(NCc2ccoc2C(=O)O)cc1. The van der Waals surface area contributed by atoms with Crippen molar-refractivity contribution in [2.24, 2.45) is 0 Å². The van der Waals surface area contributed by atoms with Crippen molar-refractivity contribution in [1.29, 1.82) is 5.26 Å². The van der Waals surface area contributed by atoms with Crippen LogP contribution in [0.5, 0.6) is 0 Å². The monoisotopic (exact) mass is 256 g/mol. The molecule has 0 fully saturated rings. The molecule has 0 radical (unpaired) electrons. The fraction of sp³-hybridized carbons (Fsp3) is 0.143. The highest BCUT2D eigenvalue weighted by Crippen LogP contribution is 2.15. The number of aromatic carboxylic acids is 1. The van der Waals surface area contributed by atoms with Gasteiger partial charge in [0, 0.05) is 17.8 Å². The zero-order chi connectivity index (χ0) is 13.7. The fourth-order valence-electron chi connectivity index (χ4n) is 1.69. The van der Waals surface area contributed by atoms with Crippen molar-refractivity contribution >= 4 is 11.7 Å². The highest BCUT2D eigenvalue weighted by Gasteiger charge is 2.13. The summed E-state index contributed by atoms with van der Waals surface area (Å²) >= 11 is 0. The molecule has 0 aliphatic heterocycles. The first-order valence-electron chi connectivity index (χ1n) is 5.70. The minimum Gasteiger partial charge on any atom is -0.475 e. The molecule has 0 saturated carbocycles. The number of hydrogen-bond donors (Lipinski definition) is 2. The van der Waals surface area contributed by atoms with Gasteiger partial charge in [0.1, 0.15) is 0 Å². The molecule has 1 aromatic heterocycles. The lowest BCUT2D eigenvalue weighted by atomic mass is 10.1. The van der Waals surface area contributed by atoms with Crippen LogP contribution in [-0.2, 0) is 13.0 Å². The molecule has 1 heterocycles. The second kappa shape index (κ2) is 5.74. The first-order valence-corrected chi connectivity index (χ1v) is 5.70. The molecule has 5 heteroatoms. The van der Waals surface area contributed by atoms with E-state index in [9.17, 15) is 4.79 Å². The Hall–Kier alpha value is -2.74. The quantitative estimate of drug-likeness (QED) is 0.858. The maximum atomic E-state index is 10.9. The molecule has 0 aliphatic carbocycles. The molecule has 96 valence electrons. The van der Waals surface area contributed by atoms with E-state index in [1.54, 1.807) is 6.07 Å². The Morgan fingerprint density at radius 2 is 2.05 bits per heavy atom. The summed E-state index contributed by atoms with van der Waals surface area (Å²) < 4.78 is 4.89. The van der Waals surface area contributed by atoms with Crippen LogP contribution in [0.4, 0.5) is 5.69 Å². The van der Waals surface area contributed by atoms with E-state index in [1.165, 1.54) is 6.26 Å². The minimum absolute atomic E-state index is 0.0476. The molecule has 19 heavy (non-hydrogen) atoms. The molecule has 0 unspecified atom stereocenters. The van der Waals surface area contributed by atoms with Crippen LogP contribution in [0.3, 0.4) is 0 Å². The number of hydrogen-bond acceptors (Lipinski definition) is 4. The first-order chi connectivity index (χ1) is 9.20. The van der Waals surface area contributed by atoms with Crippen molar-refractivity contribution < 1.29 is 14.3 Å². The van der Waals surface area contributed by atoms with Gasteiger partial charge in [-0.25, -0.2) is 4.79 Å². The average molecular weight is 256 g/mol. The zero-order valence-electron chi connectivity index (χ0n) is 10.1. The van der Waals surface area contributed by atoms with Crippen molar-refractivity contribution in [3.8, 4) is 6.07 Å². The molecule has 1 aromatic carbocycles. The molecule has 0 atom stereocenters. The molecule has 0 saturated heterocycles. The topological polar surface area (TPSA) is 86.3 Å². The number of nitrogens with one attached hydrogen (secondary N) is 1. The van der Waals surface area contributed by atoms with Crippen LogP contribution in [0, 0.1) is 11.3 Å². The standard InChI is InChI=1S/C14H12N2O3/c15-7-5-10-1-3-12(4-2-10)16-9-11-6-8-19-13(11)14(17)18/h1-4,6,8,16H,5,9H2,(H,17,18). The lowest BCUT2D eigenvalue weighted by molar-refractivity contribution is 0.0661. The van der Waals surface area contributed by atoms with E-state index in [0.29, 0.717) is 18.5 Å². The maximum absolute atomic E-state index is 10.9. The van der Waals surface area contributed by atoms with Crippen molar-refractivity contribution in [2.75, 3.05) is 5.32 Å². The Bertz CT molecular complexity index is 608. The number of carbonyl (C=O) groups is 1. The van der Waals surface area contributed by atoms with E-state index in [1.807, 2.05) is 24.3 Å². The number of carboxylic acids is 1. The third kappa shape index (κ3) is 3.13. The third-order valence-corrected chi connectivity index (χ3v) is 2.66. The predicted molar refractivity (Wildman–Crippen MR) is 68.8 cm³/mol. The smallest absolute Gasteiger partial charge is 0.372 e. The summed E-state index contributed by atoms with van der Waals surface area (Å²) in [5.74, 6) is -1.13. The van der Waals surface area contributed by atoms with Crippen molar-refractivity contribution in [3.05, 3.63) is 53.5 Å². The summed E-state index contributed by atoms with van der Waals surface area (Å²) in [7, 11) is 0. The van der Waals surface area contributed by atoms with Gasteiger partial charge in [-0.2, -0.15) is 5.26 Å². The Balaban J connectivity index is 2.00. The van der Waals surface area contributed by atoms with Crippen LogP contribution in [0.1, 0.15) is 21.7 Å². The van der Waals surface area contributed by atoms with Gasteiger partial charge in [0.2, 0.25) is 5.76 Å². The molecule has 5 nitrogen and oxygen atoms in total. The summed E-state index contributed by atoms with van der Waals surface area (Å²) in [6.45, 7) is 0.371. The van der Waals surface area contributed by atoms with Crippen LogP contribution in [0.15, 0.2) is 41.0 Å². The van der Waals surface area contributed by atoms with E-state index in [0.717, 1.165) is 11.3 Å². The second-order valence-electron chi connectivity index (χ2n) is 3.97. The van der Waals surface area contributed by atoms with Crippen molar-refractivity contribution in [3.63, 3.8) is 0 Å². The van der Waals surface area contributed by atoms with Crippen LogP contribution in [-0.4, -0.2) is 11.1 Å². The molecule has 0 amide bonds. The highest BCUT2D eigenvalue weighted by molar-refractivity contribution is 5.86. The van der Waals surface area contributed by atoms with Crippen LogP contribution in [0.2, 0.25) is 0 Å². The first kappa shape index (κ1) is 12.7. The maximum Gasteiger partial charge on any atom is 0.372 e. The fourth-order valence-corrected chi connectivity index (χ4v) is 1.69. The normalized spacial score (nSPS) is 9.84. The minimum atomic E-state index is -1.08. The van der Waals surface area contributed by atoms with E-state index < -0.39 is 5.97 Å². The number of rotatable bonds is 5. The molecule has 2 N–H and O–H groups in total. The molecule has 2 rings (SSSR count). The van der Waals surface area contributed by atoms with Gasteiger partial charge >= 0.3 is 5.97 Å². The third-order valence-electron chi connectivity index (χ3n) is 2.66. The van der Waals surface area contributed by atoms with Gasteiger partial charge < -0.3 is 14.8 Å². The number of nitrogens with zero attached hydrogens (tertiary/aromatic N) is 1. The van der Waals surface area contributed by atoms with Gasteiger partial charge in [0.05, 0.1) is 18.8 Å². The van der Waals surface area contributed by atoms with E-state index in [2.05, 4.69) is 11.4 Å². The molecule has 0 aliphatic rings. The van der Waals surface area contributed by atoms with Crippen LogP contribution >= 0.6 is 0 Å². The Kier molecular flexibility index (Phi) is 3.84. The van der Waals surface area contributed by atoms with E-state index in [4.69, 9.17) is 14.8 Å². The highest BCUT2D eigenvalue weighted by atomic mass is 16.4. The lowest BCUT2D eigenvalue weighted by Gasteiger charge is -2.06. The number of carboxylic acid groups (broad SMARTS) is 1. The van der Waals surface area contributed by atoms with Gasteiger partial charge in [-0.3, -0.25) is 0 Å². The van der Waals surface area contributed by atoms with Gasteiger partial charge in [0.25, 0.3) is 0 Å². The molecule has 2 aromatic rings. The second-order valence-corrected chi connectivity index (χ2v) is 3.97. The van der Waals surface area contributed by atoms with E-state index in [-0.39, 0.29) is 5.76 Å². The number of furan rings is 1. The molecule has 0 bridgehead atoms. The van der Waals surface area contributed by atoms with Gasteiger partial charge in [-0.15, -0.1) is 0 Å². The largest absolute Gasteiger partial charge is 0.475 e. The Morgan fingerprint density at radius 3 is 2.68 bits per heavy atom. The van der Waals surface area contributed by atoms with E-state index >= 15 is 0 Å². The molecule has 0 spiro atoms. The Morgan fingerprint density at radius 1 is 1.32 bits per heavy atom. The number of nitriles is 1. The van der Waals surface area contributed by atoms with Crippen LogP contribution < -0.4 is 5.32 Å². The van der Waals surface area contributed by atoms with Crippen molar-refractivity contribution in [2.45, 2.75) is 13.0 Å². The van der Waals surface area contributed by atoms with Crippen molar-refractivity contribution in [1.82, 2.24) is 0 Å². The summed E-state index contributed by atoms with van der Waals surface area (Å²) in [5, 5.41) is 20.6.